The second-order valence-corrected chi connectivity index (χ2v) is 8.54. The molecule has 0 spiro atoms. The average molecular weight is 448 g/mol. The van der Waals surface area contributed by atoms with Gasteiger partial charge in [-0.3, -0.25) is 4.99 Å². The standard InChI is InChI=1S/C21H30BrN5O/c1-4-23-20(24-13-7-10-18-26-19(15(2)3)27-28-18)25-14-21(11-12-21)16-8-5-6-9-17(16)22/h5-6,8-9,15H,4,7,10-14H2,1-3H3,(H2,23,24,25). The summed E-state index contributed by atoms with van der Waals surface area (Å²) in [7, 11) is 0. The third-order valence-corrected chi connectivity index (χ3v) is 5.73. The number of guanidine groups is 1. The first-order chi connectivity index (χ1) is 13.5. The molecular formula is C21H30BrN5O. The molecule has 0 unspecified atom stereocenters. The Kier molecular flexibility index (Phi) is 7.10. The number of aliphatic imine (C=N–C) groups is 1. The zero-order chi connectivity index (χ0) is 20.0. The number of hydrogen-bond donors (Lipinski definition) is 2. The quantitative estimate of drug-likeness (QED) is 0.342. The van der Waals surface area contributed by atoms with E-state index < -0.39 is 0 Å². The second-order valence-electron chi connectivity index (χ2n) is 7.69. The summed E-state index contributed by atoms with van der Waals surface area (Å²) in [6.45, 7) is 8.67. The van der Waals surface area contributed by atoms with Crippen LogP contribution < -0.4 is 10.6 Å². The zero-order valence-electron chi connectivity index (χ0n) is 17.0. The van der Waals surface area contributed by atoms with Gasteiger partial charge in [-0.25, -0.2) is 0 Å². The lowest BCUT2D eigenvalue weighted by Crippen LogP contribution is -2.38. The molecule has 1 aliphatic carbocycles. The van der Waals surface area contributed by atoms with Crippen LogP contribution in [0.25, 0.3) is 0 Å². The molecule has 1 saturated carbocycles. The van der Waals surface area contributed by atoms with Gasteiger partial charge in [0, 0.05) is 35.3 Å². The number of halogens is 1. The number of aromatic nitrogens is 2. The van der Waals surface area contributed by atoms with Crippen molar-refractivity contribution in [3.63, 3.8) is 0 Å². The van der Waals surface area contributed by atoms with Crippen molar-refractivity contribution in [3.05, 3.63) is 46.0 Å². The lowest BCUT2D eigenvalue weighted by molar-refractivity contribution is 0.368. The van der Waals surface area contributed by atoms with E-state index in [1.54, 1.807) is 0 Å². The molecule has 0 aliphatic heterocycles. The highest BCUT2D eigenvalue weighted by atomic mass is 79.9. The molecule has 152 valence electrons. The van der Waals surface area contributed by atoms with Gasteiger partial charge in [0.25, 0.3) is 0 Å². The van der Waals surface area contributed by atoms with Gasteiger partial charge >= 0.3 is 0 Å². The largest absolute Gasteiger partial charge is 0.357 e. The van der Waals surface area contributed by atoms with Gasteiger partial charge in [-0.1, -0.05) is 53.1 Å². The lowest BCUT2D eigenvalue weighted by Gasteiger charge is -2.17. The summed E-state index contributed by atoms with van der Waals surface area (Å²) in [5.41, 5.74) is 1.55. The van der Waals surface area contributed by atoms with Crippen LogP contribution in [0.1, 0.15) is 63.2 Å². The topological polar surface area (TPSA) is 75.3 Å². The van der Waals surface area contributed by atoms with E-state index in [9.17, 15) is 0 Å². The molecule has 0 saturated heterocycles. The minimum atomic E-state index is 0.180. The number of hydrogen-bond acceptors (Lipinski definition) is 4. The predicted octanol–water partition coefficient (Wildman–Crippen LogP) is 4.18. The fraction of sp³-hybridized carbons (Fsp3) is 0.571. The van der Waals surface area contributed by atoms with Gasteiger partial charge in [-0.05, 0) is 37.8 Å². The fourth-order valence-corrected chi connectivity index (χ4v) is 3.88. The molecule has 1 aliphatic rings. The molecule has 1 aromatic carbocycles. The minimum Gasteiger partial charge on any atom is -0.357 e. The molecule has 1 heterocycles. The molecule has 0 radical (unpaired) electrons. The molecule has 2 aromatic rings. The molecule has 2 N–H and O–H groups in total. The number of aryl methyl sites for hydroxylation is 1. The van der Waals surface area contributed by atoms with Gasteiger partial charge in [0.1, 0.15) is 0 Å². The highest BCUT2D eigenvalue weighted by Crippen LogP contribution is 2.50. The number of nitrogens with zero attached hydrogens (tertiary/aromatic N) is 3. The van der Waals surface area contributed by atoms with Gasteiger partial charge in [-0.15, -0.1) is 0 Å². The lowest BCUT2D eigenvalue weighted by atomic mass is 9.96. The summed E-state index contributed by atoms with van der Waals surface area (Å²) in [5, 5.41) is 10.8. The van der Waals surface area contributed by atoms with Crippen LogP contribution in [0.5, 0.6) is 0 Å². The van der Waals surface area contributed by atoms with Crippen molar-refractivity contribution in [2.75, 3.05) is 19.6 Å². The van der Waals surface area contributed by atoms with Crippen LogP contribution in [0.2, 0.25) is 0 Å². The average Bonchev–Trinajstić information content (AvgIpc) is 3.31. The first kappa shape index (κ1) is 20.8. The van der Waals surface area contributed by atoms with Crippen LogP contribution in [0, 0.1) is 0 Å². The van der Waals surface area contributed by atoms with Crippen LogP contribution >= 0.6 is 15.9 Å². The molecule has 6 nitrogen and oxygen atoms in total. The van der Waals surface area contributed by atoms with Crippen molar-refractivity contribution < 1.29 is 4.52 Å². The van der Waals surface area contributed by atoms with E-state index >= 15 is 0 Å². The maximum atomic E-state index is 5.30. The molecular weight excluding hydrogens is 418 g/mol. The molecule has 0 atom stereocenters. The Hall–Kier alpha value is -1.89. The third-order valence-electron chi connectivity index (χ3n) is 5.04. The molecule has 0 amide bonds. The minimum absolute atomic E-state index is 0.180. The van der Waals surface area contributed by atoms with Crippen LogP contribution in [-0.2, 0) is 11.8 Å². The summed E-state index contributed by atoms with van der Waals surface area (Å²) in [4.78, 5) is 9.28. The Morgan fingerprint density at radius 1 is 1.29 bits per heavy atom. The van der Waals surface area contributed by atoms with E-state index in [1.807, 2.05) is 0 Å². The summed E-state index contributed by atoms with van der Waals surface area (Å²) in [6, 6.07) is 8.50. The fourth-order valence-electron chi connectivity index (χ4n) is 3.18. The van der Waals surface area contributed by atoms with Crippen LogP contribution in [0.4, 0.5) is 0 Å². The van der Waals surface area contributed by atoms with Crippen molar-refractivity contribution >= 4 is 21.9 Å². The highest BCUT2D eigenvalue weighted by molar-refractivity contribution is 9.10. The van der Waals surface area contributed by atoms with Crippen LogP contribution in [0.15, 0.2) is 38.3 Å². The van der Waals surface area contributed by atoms with E-state index in [0.717, 1.165) is 44.3 Å². The predicted molar refractivity (Wildman–Crippen MR) is 116 cm³/mol. The first-order valence-corrected chi connectivity index (χ1v) is 10.9. The molecule has 3 rings (SSSR count). The zero-order valence-corrected chi connectivity index (χ0v) is 18.6. The van der Waals surface area contributed by atoms with Crippen molar-refractivity contribution in [3.8, 4) is 0 Å². The number of benzene rings is 1. The smallest absolute Gasteiger partial charge is 0.226 e. The van der Waals surface area contributed by atoms with Gasteiger partial charge in [0.2, 0.25) is 5.89 Å². The van der Waals surface area contributed by atoms with E-state index in [0.29, 0.717) is 11.8 Å². The van der Waals surface area contributed by atoms with E-state index in [1.165, 1.54) is 22.9 Å². The summed E-state index contributed by atoms with van der Waals surface area (Å²) < 4.78 is 6.48. The number of nitrogens with one attached hydrogen (secondary N) is 2. The molecule has 28 heavy (non-hydrogen) atoms. The van der Waals surface area contributed by atoms with E-state index in [-0.39, 0.29) is 5.41 Å². The highest BCUT2D eigenvalue weighted by Gasteiger charge is 2.45. The van der Waals surface area contributed by atoms with Gasteiger partial charge in [-0.2, -0.15) is 4.98 Å². The van der Waals surface area contributed by atoms with Gasteiger partial charge in [0.15, 0.2) is 11.8 Å². The van der Waals surface area contributed by atoms with E-state index in [4.69, 9.17) is 9.52 Å². The molecule has 0 bridgehead atoms. The molecule has 1 aromatic heterocycles. The first-order valence-electron chi connectivity index (χ1n) is 10.1. The van der Waals surface area contributed by atoms with Gasteiger partial charge < -0.3 is 15.2 Å². The maximum absolute atomic E-state index is 5.30. The maximum Gasteiger partial charge on any atom is 0.226 e. The van der Waals surface area contributed by atoms with Crippen molar-refractivity contribution in [2.24, 2.45) is 4.99 Å². The molecule has 1 fully saturated rings. The van der Waals surface area contributed by atoms with Crippen molar-refractivity contribution in [2.45, 2.75) is 57.8 Å². The molecule has 7 heteroatoms. The Morgan fingerprint density at radius 3 is 2.71 bits per heavy atom. The van der Waals surface area contributed by atoms with Crippen molar-refractivity contribution in [1.82, 2.24) is 20.8 Å². The Balaban J connectivity index is 1.51. The van der Waals surface area contributed by atoms with E-state index in [2.05, 4.69) is 81.7 Å². The Morgan fingerprint density at radius 2 is 2.07 bits per heavy atom. The summed E-state index contributed by atoms with van der Waals surface area (Å²) >= 11 is 3.69. The van der Waals surface area contributed by atoms with Crippen molar-refractivity contribution in [1.29, 1.82) is 0 Å². The summed E-state index contributed by atoms with van der Waals surface area (Å²) in [5.74, 6) is 2.65. The second kappa shape index (κ2) is 9.54. The SMILES string of the molecule is CCNC(=NCC1(c2ccccc2Br)CC1)NCCCc1nc(C(C)C)no1. The Labute approximate surface area is 175 Å². The van der Waals surface area contributed by atoms with Gasteiger partial charge in [0.05, 0.1) is 6.54 Å². The third kappa shape index (κ3) is 5.34. The van der Waals surface area contributed by atoms with Crippen LogP contribution in [-0.4, -0.2) is 35.7 Å². The Bertz CT molecular complexity index is 798. The monoisotopic (exact) mass is 447 g/mol. The normalized spacial score (nSPS) is 15.7. The number of rotatable bonds is 9. The summed E-state index contributed by atoms with van der Waals surface area (Å²) in [6.07, 6.45) is 4.06. The van der Waals surface area contributed by atoms with Crippen LogP contribution in [0.3, 0.4) is 0 Å².